The van der Waals surface area contributed by atoms with Crippen LogP contribution in [0.2, 0.25) is 5.15 Å². The van der Waals surface area contributed by atoms with E-state index in [0.717, 1.165) is 40.6 Å². The maximum absolute atomic E-state index is 12.8. The predicted molar refractivity (Wildman–Crippen MR) is 101 cm³/mol. The fraction of sp³-hybridized carbons (Fsp3) is 0.250. The number of halogens is 1. The van der Waals surface area contributed by atoms with Crippen LogP contribution >= 0.6 is 11.6 Å². The molecule has 1 saturated carbocycles. The molecule has 0 radical (unpaired) electrons. The van der Waals surface area contributed by atoms with Gasteiger partial charge in [0.2, 0.25) is 5.43 Å². The molecule has 2 heterocycles. The number of carboxylic acids is 1. The van der Waals surface area contributed by atoms with Crippen LogP contribution in [-0.2, 0) is 0 Å². The summed E-state index contributed by atoms with van der Waals surface area (Å²) in [6.07, 6.45) is 5.19. The number of aryl methyl sites for hydroxylation is 2. The van der Waals surface area contributed by atoms with Crippen molar-refractivity contribution in [1.82, 2.24) is 9.55 Å². The summed E-state index contributed by atoms with van der Waals surface area (Å²) in [6, 6.07) is 5.80. The number of rotatable bonds is 3. The van der Waals surface area contributed by atoms with Crippen molar-refractivity contribution < 1.29 is 9.90 Å². The number of pyridine rings is 2. The molecule has 1 N–H and O–H groups in total. The first-order valence-electron chi connectivity index (χ1n) is 8.42. The van der Waals surface area contributed by atoms with Gasteiger partial charge in [-0.15, -0.1) is 0 Å². The van der Waals surface area contributed by atoms with E-state index in [0.29, 0.717) is 10.5 Å². The molecule has 132 valence electrons. The first-order valence-corrected chi connectivity index (χ1v) is 8.80. The highest BCUT2D eigenvalue weighted by Gasteiger charge is 2.28. The fourth-order valence-corrected chi connectivity index (χ4v) is 3.64. The predicted octanol–water partition coefficient (Wildman–Crippen LogP) is 4.37. The maximum atomic E-state index is 12.8. The second kappa shape index (κ2) is 5.95. The minimum Gasteiger partial charge on any atom is -0.477 e. The number of carbonyl (C=O) groups is 1. The Kier molecular flexibility index (Phi) is 3.84. The second-order valence-electron chi connectivity index (χ2n) is 6.77. The van der Waals surface area contributed by atoms with Gasteiger partial charge in [0.1, 0.15) is 10.7 Å². The van der Waals surface area contributed by atoms with E-state index in [-0.39, 0.29) is 11.6 Å². The van der Waals surface area contributed by atoms with E-state index < -0.39 is 11.4 Å². The van der Waals surface area contributed by atoms with E-state index >= 15 is 0 Å². The summed E-state index contributed by atoms with van der Waals surface area (Å²) in [6.45, 7) is 3.81. The van der Waals surface area contributed by atoms with Gasteiger partial charge >= 0.3 is 5.97 Å². The number of nitrogens with zero attached hydrogens (tertiary/aromatic N) is 2. The number of aromatic nitrogens is 2. The molecule has 26 heavy (non-hydrogen) atoms. The van der Waals surface area contributed by atoms with Gasteiger partial charge < -0.3 is 9.67 Å². The molecule has 0 amide bonds. The van der Waals surface area contributed by atoms with Crippen molar-refractivity contribution in [1.29, 1.82) is 0 Å². The number of hydrogen-bond acceptors (Lipinski definition) is 3. The average molecular weight is 369 g/mol. The fourth-order valence-electron chi connectivity index (χ4n) is 3.53. The van der Waals surface area contributed by atoms with Gasteiger partial charge in [-0.25, -0.2) is 9.78 Å². The molecule has 0 aliphatic heterocycles. The van der Waals surface area contributed by atoms with Crippen LogP contribution in [0.1, 0.15) is 40.4 Å². The lowest BCUT2D eigenvalue weighted by molar-refractivity contribution is 0.0695. The Morgan fingerprint density at radius 1 is 1.31 bits per heavy atom. The molecule has 0 bridgehead atoms. The zero-order valence-corrected chi connectivity index (χ0v) is 15.2. The molecule has 0 saturated heterocycles. The molecular weight excluding hydrogens is 352 g/mol. The number of carboxylic acid groups (broad SMARTS) is 1. The monoisotopic (exact) mass is 368 g/mol. The highest BCUT2D eigenvalue weighted by molar-refractivity contribution is 6.29. The van der Waals surface area contributed by atoms with E-state index in [2.05, 4.69) is 4.98 Å². The zero-order chi connectivity index (χ0) is 18.6. The largest absolute Gasteiger partial charge is 0.477 e. The van der Waals surface area contributed by atoms with Crippen molar-refractivity contribution in [2.45, 2.75) is 32.7 Å². The van der Waals surface area contributed by atoms with Gasteiger partial charge in [-0.05, 0) is 55.5 Å². The zero-order valence-electron chi connectivity index (χ0n) is 14.4. The van der Waals surface area contributed by atoms with Crippen LogP contribution < -0.4 is 5.43 Å². The summed E-state index contributed by atoms with van der Waals surface area (Å²) >= 11 is 5.90. The molecule has 6 heteroatoms. The minimum atomic E-state index is -1.19. The second-order valence-corrected chi connectivity index (χ2v) is 7.16. The molecular formula is C20H17ClN2O3. The maximum Gasteiger partial charge on any atom is 0.341 e. The molecule has 0 atom stereocenters. The molecule has 1 fully saturated rings. The van der Waals surface area contributed by atoms with Gasteiger partial charge in [0.25, 0.3) is 0 Å². The average Bonchev–Trinajstić information content (AvgIpc) is 3.43. The third-order valence-electron chi connectivity index (χ3n) is 4.96. The summed E-state index contributed by atoms with van der Waals surface area (Å²) in [5.74, 6) is -1.19. The molecule has 1 aliphatic rings. The van der Waals surface area contributed by atoms with Crippen LogP contribution in [-0.4, -0.2) is 20.6 Å². The van der Waals surface area contributed by atoms with Crippen molar-refractivity contribution in [3.63, 3.8) is 0 Å². The quantitative estimate of drug-likeness (QED) is 0.697. The van der Waals surface area contributed by atoms with Gasteiger partial charge in [-0.1, -0.05) is 17.7 Å². The van der Waals surface area contributed by atoms with E-state index in [9.17, 15) is 14.7 Å². The van der Waals surface area contributed by atoms with Crippen LogP contribution in [0.4, 0.5) is 0 Å². The standard InChI is InChI=1S/C20H17ClN2O3/c1-10-7-14(12-3-6-16(21)22-8-12)11(2)18-17(10)19(24)15(20(25)26)9-23(18)13-4-5-13/h3,6-9,13H,4-5H2,1-2H3,(H,25,26). The molecule has 1 aromatic carbocycles. The van der Waals surface area contributed by atoms with Crippen LogP contribution in [0.15, 0.2) is 35.4 Å². The molecule has 1 aliphatic carbocycles. The van der Waals surface area contributed by atoms with Gasteiger partial charge in [0, 0.05) is 29.4 Å². The molecule has 5 nitrogen and oxygen atoms in total. The Labute approximate surface area is 154 Å². The molecule has 0 spiro atoms. The number of hydrogen-bond donors (Lipinski definition) is 1. The van der Waals surface area contributed by atoms with Gasteiger partial charge in [0.05, 0.1) is 5.52 Å². The Morgan fingerprint density at radius 3 is 2.62 bits per heavy atom. The Bertz CT molecular complexity index is 1110. The number of fused-ring (bicyclic) bond motifs is 1. The first-order chi connectivity index (χ1) is 12.4. The molecule has 3 aromatic rings. The third-order valence-corrected chi connectivity index (χ3v) is 5.18. The smallest absolute Gasteiger partial charge is 0.341 e. The van der Waals surface area contributed by atoms with Crippen LogP contribution in [0.5, 0.6) is 0 Å². The minimum absolute atomic E-state index is 0.173. The molecule has 0 unspecified atom stereocenters. The van der Waals surface area contributed by atoms with Crippen molar-refractivity contribution in [2.24, 2.45) is 0 Å². The van der Waals surface area contributed by atoms with Crippen LogP contribution in [0.3, 0.4) is 0 Å². The van der Waals surface area contributed by atoms with Crippen molar-refractivity contribution in [3.05, 3.63) is 62.7 Å². The van der Waals surface area contributed by atoms with Crippen molar-refractivity contribution in [3.8, 4) is 11.1 Å². The highest BCUT2D eigenvalue weighted by Crippen LogP contribution is 2.40. The summed E-state index contributed by atoms with van der Waals surface area (Å²) < 4.78 is 1.97. The molecule has 2 aromatic heterocycles. The van der Waals surface area contributed by atoms with Crippen LogP contribution in [0, 0.1) is 13.8 Å². The first kappa shape index (κ1) is 16.8. The topological polar surface area (TPSA) is 72.2 Å². The lowest BCUT2D eigenvalue weighted by atomic mass is 9.94. The summed E-state index contributed by atoms with van der Waals surface area (Å²) in [5.41, 5.74) is 3.80. The Morgan fingerprint density at radius 2 is 2.04 bits per heavy atom. The third kappa shape index (κ3) is 2.59. The van der Waals surface area contributed by atoms with Gasteiger partial charge in [-0.3, -0.25) is 4.79 Å². The van der Waals surface area contributed by atoms with E-state index in [1.165, 1.54) is 6.20 Å². The normalized spacial score (nSPS) is 14.0. The van der Waals surface area contributed by atoms with Gasteiger partial charge in [-0.2, -0.15) is 0 Å². The summed E-state index contributed by atoms with van der Waals surface area (Å²) in [7, 11) is 0. The van der Waals surface area contributed by atoms with Crippen molar-refractivity contribution in [2.75, 3.05) is 0 Å². The Balaban J connectivity index is 2.11. The van der Waals surface area contributed by atoms with Crippen LogP contribution in [0.25, 0.3) is 22.0 Å². The van der Waals surface area contributed by atoms with E-state index in [1.54, 1.807) is 12.3 Å². The summed E-state index contributed by atoms with van der Waals surface area (Å²) in [4.78, 5) is 28.5. The van der Waals surface area contributed by atoms with Gasteiger partial charge in [0.15, 0.2) is 0 Å². The lowest BCUT2D eigenvalue weighted by Gasteiger charge is -2.18. The van der Waals surface area contributed by atoms with E-state index in [1.807, 2.05) is 30.5 Å². The van der Waals surface area contributed by atoms with E-state index in [4.69, 9.17) is 11.6 Å². The number of aromatic carboxylic acids is 1. The lowest BCUT2D eigenvalue weighted by Crippen LogP contribution is -2.20. The number of benzene rings is 1. The SMILES string of the molecule is Cc1cc(-c2ccc(Cl)nc2)c(C)c2c1c(=O)c(C(=O)O)cn2C1CC1. The summed E-state index contributed by atoms with van der Waals surface area (Å²) in [5, 5.41) is 10.3. The highest BCUT2D eigenvalue weighted by atomic mass is 35.5. The molecule has 4 rings (SSSR count). The Hall–Kier alpha value is -2.66. The van der Waals surface area contributed by atoms with Crippen molar-refractivity contribution >= 4 is 28.5 Å².